The van der Waals surface area contributed by atoms with Gasteiger partial charge in [-0.1, -0.05) is 31.9 Å². The Bertz CT molecular complexity index is 174. The van der Waals surface area contributed by atoms with Gasteiger partial charge in [-0.3, -0.25) is 4.79 Å². The van der Waals surface area contributed by atoms with Gasteiger partial charge in [0.15, 0.2) is 0 Å². The summed E-state index contributed by atoms with van der Waals surface area (Å²) in [6.07, 6.45) is 2.25. The summed E-state index contributed by atoms with van der Waals surface area (Å²) in [6, 6.07) is 0.787. The zero-order valence-electron chi connectivity index (χ0n) is 7.26. The van der Waals surface area contributed by atoms with Gasteiger partial charge in [-0.05, 0) is 26.7 Å². The molecule has 0 aromatic heterocycles. The van der Waals surface area contributed by atoms with E-state index in [-0.39, 0.29) is 9.64 Å². The molecule has 2 nitrogen and oxygen atoms in total. The van der Waals surface area contributed by atoms with Crippen LogP contribution in [0.1, 0.15) is 26.7 Å². The van der Waals surface area contributed by atoms with Crippen LogP contribution in [0.25, 0.3) is 0 Å². The Morgan fingerprint density at radius 1 is 1.33 bits per heavy atom. The number of rotatable bonds is 1. The molecule has 4 heteroatoms. The summed E-state index contributed by atoms with van der Waals surface area (Å²) in [5.74, 6) is 0.146. The molecule has 0 aliphatic carbocycles. The summed E-state index contributed by atoms with van der Waals surface area (Å²) in [6.45, 7) is 4.20. The Hall–Kier alpha value is 0.430. The highest BCUT2D eigenvalue weighted by Gasteiger charge is 2.33. The average Bonchev–Trinajstić information content (AvgIpc) is 2.30. The summed E-state index contributed by atoms with van der Waals surface area (Å²) in [5.41, 5.74) is 0. The first kappa shape index (κ1) is 10.5. The minimum Gasteiger partial charge on any atom is -0.336 e. The van der Waals surface area contributed by atoms with E-state index in [1.54, 1.807) is 0 Å². The lowest BCUT2D eigenvalue weighted by Crippen LogP contribution is -2.41. The molecule has 0 bridgehead atoms. The molecule has 1 amide bonds. The first-order valence-electron chi connectivity index (χ1n) is 4.14. The minimum absolute atomic E-state index is 0.146. The van der Waals surface area contributed by atoms with Crippen LogP contribution >= 0.6 is 31.9 Å². The lowest BCUT2D eigenvalue weighted by Gasteiger charge is -2.26. The summed E-state index contributed by atoms with van der Waals surface area (Å²) in [4.78, 5) is 13.6. The normalized spacial score (nSPS) is 29.9. The fourth-order valence-corrected chi connectivity index (χ4v) is 2.21. The predicted octanol–water partition coefficient (Wildman–Crippen LogP) is 2.50. The van der Waals surface area contributed by atoms with Crippen molar-refractivity contribution in [2.75, 3.05) is 0 Å². The van der Waals surface area contributed by atoms with E-state index >= 15 is 0 Å². The number of likely N-dealkylation sites (tertiary alicyclic amines) is 1. The van der Waals surface area contributed by atoms with Crippen molar-refractivity contribution in [1.29, 1.82) is 0 Å². The van der Waals surface area contributed by atoms with Crippen LogP contribution in [0.5, 0.6) is 0 Å². The molecular weight excluding hydrogens is 286 g/mol. The highest BCUT2D eigenvalue weighted by atomic mass is 79.9. The number of halogens is 2. The van der Waals surface area contributed by atoms with Gasteiger partial charge in [0.25, 0.3) is 0 Å². The first-order valence-corrected chi connectivity index (χ1v) is 5.97. The number of carbonyl (C=O) groups excluding carboxylic acids is 1. The topological polar surface area (TPSA) is 20.3 Å². The zero-order valence-corrected chi connectivity index (χ0v) is 10.4. The smallest absolute Gasteiger partial charge is 0.247 e. The number of hydrogen-bond acceptors (Lipinski definition) is 1. The third-order valence-corrected chi connectivity index (χ3v) is 3.18. The largest absolute Gasteiger partial charge is 0.336 e. The van der Waals surface area contributed by atoms with E-state index < -0.39 is 0 Å². The predicted molar refractivity (Wildman–Crippen MR) is 56.6 cm³/mol. The molecule has 0 saturated carbocycles. The second kappa shape index (κ2) is 4.09. The van der Waals surface area contributed by atoms with E-state index in [9.17, 15) is 4.79 Å². The zero-order chi connectivity index (χ0) is 9.30. The lowest BCUT2D eigenvalue weighted by molar-refractivity contribution is -0.131. The second-order valence-corrected chi connectivity index (χ2v) is 6.38. The van der Waals surface area contributed by atoms with Crippen molar-refractivity contribution in [2.45, 2.75) is 42.5 Å². The van der Waals surface area contributed by atoms with Crippen molar-refractivity contribution in [1.82, 2.24) is 4.90 Å². The third kappa shape index (κ3) is 2.02. The summed E-state index contributed by atoms with van der Waals surface area (Å²) in [7, 11) is 0. The number of hydrogen-bond donors (Lipinski definition) is 0. The van der Waals surface area contributed by atoms with Crippen LogP contribution < -0.4 is 0 Å². The Kier molecular flexibility index (Phi) is 3.58. The summed E-state index contributed by atoms with van der Waals surface area (Å²) >= 11 is 6.46. The molecule has 1 rings (SSSR count). The molecule has 2 atom stereocenters. The van der Waals surface area contributed by atoms with Crippen LogP contribution in [0.2, 0.25) is 0 Å². The molecule has 70 valence electrons. The van der Waals surface area contributed by atoms with Crippen LogP contribution in [0.3, 0.4) is 0 Å². The van der Waals surface area contributed by atoms with Crippen molar-refractivity contribution >= 4 is 37.8 Å². The van der Waals surface area contributed by atoms with E-state index in [1.165, 1.54) is 0 Å². The quantitative estimate of drug-likeness (QED) is 0.681. The third-order valence-electron chi connectivity index (χ3n) is 2.39. The number of carbonyl (C=O) groups is 1. The molecule has 0 aromatic rings. The monoisotopic (exact) mass is 297 g/mol. The van der Waals surface area contributed by atoms with Gasteiger partial charge in [0.1, 0.15) is 3.74 Å². The number of nitrogens with zero attached hydrogens (tertiary/aromatic N) is 1. The summed E-state index contributed by atoms with van der Waals surface area (Å²) < 4.78 is -0.229. The van der Waals surface area contributed by atoms with Gasteiger partial charge in [0.2, 0.25) is 5.91 Å². The summed E-state index contributed by atoms with van der Waals surface area (Å²) in [5, 5.41) is 0. The molecule has 1 heterocycles. The minimum atomic E-state index is -0.229. The van der Waals surface area contributed by atoms with Crippen LogP contribution in [-0.2, 0) is 4.79 Å². The van der Waals surface area contributed by atoms with Gasteiger partial charge < -0.3 is 4.90 Å². The molecule has 2 unspecified atom stereocenters. The van der Waals surface area contributed by atoms with Gasteiger partial charge in [-0.2, -0.15) is 0 Å². The first-order chi connectivity index (χ1) is 5.54. The molecule has 12 heavy (non-hydrogen) atoms. The average molecular weight is 299 g/mol. The maximum atomic E-state index is 11.6. The Morgan fingerprint density at radius 3 is 2.08 bits per heavy atom. The van der Waals surface area contributed by atoms with Gasteiger partial charge in [-0.25, -0.2) is 0 Å². The van der Waals surface area contributed by atoms with Crippen LogP contribution in [0, 0.1) is 0 Å². The van der Waals surface area contributed by atoms with Crippen LogP contribution in [-0.4, -0.2) is 26.6 Å². The molecule has 1 fully saturated rings. The fourth-order valence-electron chi connectivity index (χ4n) is 1.74. The van der Waals surface area contributed by atoms with Crippen molar-refractivity contribution in [3.05, 3.63) is 0 Å². The number of amides is 1. The van der Waals surface area contributed by atoms with E-state index in [4.69, 9.17) is 0 Å². The molecule has 0 radical (unpaired) electrons. The highest BCUT2D eigenvalue weighted by molar-refractivity contribution is 9.25. The molecule has 0 N–H and O–H groups in total. The van der Waals surface area contributed by atoms with Crippen molar-refractivity contribution in [3.63, 3.8) is 0 Å². The lowest BCUT2D eigenvalue weighted by atomic mass is 10.2. The standard InChI is InChI=1S/C8H13Br2NO/c1-5-3-4-6(2)11(5)8(12)7(9)10/h5-7H,3-4H2,1-2H3. The fraction of sp³-hybridized carbons (Fsp3) is 0.875. The second-order valence-electron chi connectivity index (χ2n) is 3.32. The SMILES string of the molecule is CC1CCC(C)N1C(=O)C(Br)Br. The van der Waals surface area contributed by atoms with Crippen molar-refractivity contribution < 1.29 is 4.79 Å². The Labute approximate surface area is 89.9 Å². The van der Waals surface area contributed by atoms with E-state index in [2.05, 4.69) is 45.7 Å². The molecular formula is C8H13Br2NO. The highest BCUT2D eigenvalue weighted by Crippen LogP contribution is 2.26. The molecule has 1 saturated heterocycles. The van der Waals surface area contributed by atoms with E-state index in [0.29, 0.717) is 12.1 Å². The maximum absolute atomic E-state index is 11.6. The van der Waals surface area contributed by atoms with Crippen molar-refractivity contribution in [2.24, 2.45) is 0 Å². The van der Waals surface area contributed by atoms with E-state index in [1.807, 2.05) is 4.90 Å². The Balaban J connectivity index is 2.66. The van der Waals surface area contributed by atoms with Gasteiger partial charge in [0.05, 0.1) is 0 Å². The van der Waals surface area contributed by atoms with Crippen LogP contribution in [0.15, 0.2) is 0 Å². The molecule has 1 aliphatic heterocycles. The molecule has 1 aliphatic rings. The maximum Gasteiger partial charge on any atom is 0.247 e. The van der Waals surface area contributed by atoms with Gasteiger partial charge in [0, 0.05) is 12.1 Å². The van der Waals surface area contributed by atoms with Crippen LogP contribution in [0.4, 0.5) is 0 Å². The molecule has 0 aromatic carbocycles. The Morgan fingerprint density at radius 2 is 1.75 bits per heavy atom. The van der Waals surface area contributed by atoms with Gasteiger partial charge >= 0.3 is 0 Å². The molecule has 0 spiro atoms. The van der Waals surface area contributed by atoms with E-state index in [0.717, 1.165) is 12.8 Å². The van der Waals surface area contributed by atoms with Gasteiger partial charge in [-0.15, -0.1) is 0 Å². The van der Waals surface area contributed by atoms with Crippen molar-refractivity contribution in [3.8, 4) is 0 Å². The number of alkyl halides is 2.